The van der Waals surface area contributed by atoms with Crippen LogP contribution >= 0.6 is 0 Å². The number of rotatable bonds is 3. The van der Waals surface area contributed by atoms with Crippen molar-refractivity contribution in [2.75, 3.05) is 0 Å². The molecule has 4 nitrogen and oxygen atoms in total. The first-order valence-corrected chi connectivity index (χ1v) is 4.39. The van der Waals surface area contributed by atoms with Gasteiger partial charge in [-0.3, -0.25) is 9.78 Å². The Morgan fingerprint density at radius 2 is 2.13 bits per heavy atom. The van der Waals surface area contributed by atoms with Gasteiger partial charge in [0.2, 0.25) is 0 Å². The highest BCUT2D eigenvalue weighted by Crippen LogP contribution is 2.08. The molecule has 1 N–H and O–H groups in total. The fraction of sp³-hybridized carbons (Fsp3) is 0.182. The van der Waals surface area contributed by atoms with Gasteiger partial charge in [-0.25, -0.2) is 4.79 Å². The Hall–Kier alpha value is -1.97. The molecule has 1 heterocycles. The third-order valence-electron chi connectivity index (χ3n) is 1.84. The Morgan fingerprint density at radius 1 is 1.47 bits per heavy atom. The first-order chi connectivity index (χ1) is 7.00. The SMILES string of the molecule is CC(=O)/C(=C/c1ccnc(C)c1)C(=O)O. The van der Waals surface area contributed by atoms with E-state index in [0.717, 1.165) is 5.69 Å². The summed E-state index contributed by atoms with van der Waals surface area (Å²) in [6.07, 6.45) is 2.92. The molecule has 0 spiro atoms. The lowest BCUT2D eigenvalue weighted by Gasteiger charge is -1.98. The minimum atomic E-state index is -1.21. The van der Waals surface area contributed by atoms with Gasteiger partial charge in [0, 0.05) is 11.9 Å². The highest BCUT2D eigenvalue weighted by atomic mass is 16.4. The van der Waals surface area contributed by atoms with Gasteiger partial charge in [0.25, 0.3) is 0 Å². The number of carbonyl (C=O) groups is 2. The van der Waals surface area contributed by atoms with Crippen LogP contribution in [0, 0.1) is 6.92 Å². The summed E-state index contributed by atoms with van der Waals surface area (Å²) in [5.41, 5.74) is 1.22. The van der Waals surface area contributed by atoms with E-state index in [4.69, 9.17) is 5.11 Å². The van der Waals surface area contributed by atoms with Gasteiger partial charge in [0.05, 0.1) is 0 Å². The molecule has 0 aliphatic carbocycles. The molecule has 1 aromatic heterocycles. The van der Waals surface area contributed by atoms with Crippen molar-refractivity contribution >= 4 is 17.8 Å². The number of hydrogen-bond acceptors (Lipinski definition) is 3. The molecule has 0 unspecified atom stereocenters. The Labute approximate surface area is 87.3 Å². The van der Waals surface area contributed by atoms with Crippen LogP contribution in [0.4, 0.5) is 0 Å². The van der Waals surface area contributed by atoms with E-state index in [1.165, 1.54) is 13.0 Å². The van der Waals surface area contributed by atoms with Crippen LogP contribution in [0.15, 0.2) is 23.9 Å². The van der Waals surface area contributed by atoms with Gasteiger partial charge >= 0.3 is 5.97 Å². The van der Waals surface area contributed by atoms with Gasteiger partial charge < -0.3 is 5.11 Å². The number of nitrogens with zero attached hydrogens (tertiary/aromatic N) is 1. The van der Waals surface area contributed by atoms with E-state index in [1.807, 2.05) is 0 Å². The van der Waals surface area contributed by atoms with Crippen molar-refractivity contribution in [3.63, 3.8) is 0 Å². The zero-order chi connectivity index (χ0) is 11.4. The molecule has 78 valence electrons. The maximum atomic E-state index is 11.0. The minimum absolute atomic E-state index is 0.222. The number of carbonyl (C=O) groups excluding carboxylic acids is 1. The van der Waals surface area contributed by atoms with Crippen molar-refractivity contribution in [1.29, 1.82) is 0 Å². The second-order valence-corrected chi connectivity index (χ2v) is 3.15. The van der Waals surface area contributed by atoms with Crippen molar-refractivity contribution in [2.45, 2.75) is 13.8 Å². The third-order valence-corrected chi connectivity index (χ3v) is 1.84. The molecule has 0 saturated heterocycles. The summed E-state index contributed by atoms with van der Waals surface area (Å²) in [6, 6.07) is 3.37. The number of carboxylic acid groups (broad SMARTS) is 1. The van der Waals surface area contributed by atoms with Crippen molar-refractivity contribution in [3.8, 4) is 0 Å². The number of carboxylic acids is 1. The molecule has 0 radical (unpaired) electrons. The molecule has 0 atom stereocenters. The van der Waals surface area contributed by atoms with Gasteiger partial charge in [-0.1, -0.05) is 0 Å². The molecule has 0 fully saturated rings. The topological polar surface area (TPSA) is 67.3 Å². The first-order valence-electron chi connectivity index (χ1n) is 4.39. The summed E-state index contributed by atoms with van der Waals surface area (Å²) in [5.74, 6) is -1.67. The number of Topliss-reactive ketones (excluding diaryl/α,β-unsaturated/α-hetero) is 1. The largest absolute Gasteiger partial charge is 0.478 e. The Bertz CT molecular complexity index is 419. The third kappa shape index (κ3) is 3.02. The standard InChI is InChI=1S/C11H11NO3/c1-7-5-9(3-4-12-7)6-10(8(2)13)11(14)15/h3-6H,1-2H3,(H,14,15)/b10-6-. The number of hydrogen-bond donors (Lipinski definition) is 1. The molecular formula is C11H11NO3. The molecule has 0 saturated carbocycles. The van der Waals surface area contributed by atoms with Gasteiger partial charge in [-0.15, -0.1) is 0 Å². The Morgan fingerprint density at radius 3 is 2.60 bits per heavy atom. The monoisotopic (exact) mass is 205 g/mol. The highest BCUT2D eigenvalue weighted by Gasteiger charge is 2.12. The number of aliphatic carboxylic acids is 1. The maximum absolute atomic E-state index is 11.0. The van der Waals surface area contributed by atoms with Crippen LogP contribution in [0.25, 0.3) is 6.08 Å². The second kappa shape index (κ2) is 4.50. The molecule has 0 amide bonds. The Balaban J connectivity index is 3.13. The van der Waals surface area contributed by atoms with Crippen LogP contribution in [-0.2, 0) is 9.59 Å². The fourth-order valence-electron chi connectivity index (χ4n) is 1.14. The number of ketones is 1. The molecule has 0 aliphatic rings. The van der Waals surface area contributed by atoms with Crippen LogP contribution < -0.4 is 0 Å². The summed E-state index contributed by atoms with van der Waals surface area (Å²) in [5, 5.41) is 8.77. The Kier molecular flexibility index (Phi) is 3.33. The molecule has 0 bridgehead atoms. The van der Waals surface area contributed by atoms with E-state index >= 15 is 0 Å². The molecular weight excluding hydrogens is 194 g/mol. The van der Waals surface area contributed by atoms with Gasteiger partial charge in [0.1, 0.15) is 5.57 Å². The molecule has 0 aromatic carbocycles. The minimum Gasteiger partial charge on any atom is -0.478 e. The number of aromatic nitrogens is 1. The average Bonchev–Trinajstić information content (AvgIpc) is 2.13. The van der Waals surface area contributed by atoms with E-state index < -0.39 is 11.8 Å². The predicted molar refractivity (Wildman–Crippen MR) is 55.3 cm³/mol. The lowest BCUT2D eigenvalue weighted by Crippen LogP contribution is -2.08. The summed E-state index contributed by atoms with van der Waals surface area (Å²) in [4.78, 5) is 25.7. The smallest absolute Gasteiger partial charge is 0.339 e. The van der Waals surface area contributed by atoms with E-state index in [2.05, 4.69) is 4.98 Å². The van der Waals surface area contributed by atoms with E-state index in [9.17, 15) is 9.59 Å². The van der Waals surface area contributed by atoms with Crippen molar-refractivity contribution in [3.05, 3.63) is 35.2 Å². The second-order valence-electron chi connectivity index (χ2n) is 3.15. The summed E-state index contributed by atoms with van der Waals surface area (Å²) in [6.45, 7) is 3.03. The van der Waals surface area contributed by atoms with Crippen LogP contribution in [0.5, 0.6) is 0 Å². The molecule has 1 rings (SSSR count). The van der Waals surface area contributed by atoms with Gasteiger partial charge in [0.15, 0.2) is 5.78 Å². The zero-order valence-corrected chi connectivity index (χ0v) is 8.52. The van der Waals surface area contributed by atoms with Gasteiger partial charge in [-0.2, -0.15) is 0 Å². The van der Waals surface area contributed by atoms with E-state index in [0.29, 0.717) is 5.56 Å². The quantitative estimate of drug-likeness (QED) is 0.460. The molecule has 15 heavy (non-hydrogen) atoms. The number of pyridine rings is 1. The predicted octanol–water partition coefficient (Wildman–Crippen LogP) is 1.45. The summed E-state index contributed by atoms with van der Waals surface area (Å²) >= 11 is 0. The zero-order valence-electron chi connectivity index (χ0n) is 8.52. The average molecular weight is 205 g/mol. The molecule has 1 aromatic rings. The lowest BCUT2D eigenvalue weighted by molar-refractivity contribution is -0.134. The van der Waals surface area contributed by atoms with Crippen molar-refractivity contribution in [2.24, 2.45) is 0 Å². The van der Waals surface area contributed by atoms with Crippen LogP contribution in [-0.4, -0.2) is 21.8 Å². The molecule has 4 heteroatoms. The maximum Gasteiger partial charge on any atom is 0.339 e. The van der Waals surface area contributed by atoms with Crippen molar-refractivity contribution in [1.82, 2.24) is 4.98 Å². The van der Waals surface area contributed by atoms with Crippen LogP contribution in [0.1, 0.15) is 18.2 Å². The van der Waals surface area contributed by atoms with E-state index in [-0.39, 0.29) is 5.57 Å². The fourth-order valence-corrected chi connectivity index (χ4v) is 1.14. The van der Waals surface area contributed by atoms with Crippen LogP contribution in [0.3, 0.4) is 0 Å². The summed E-state index contributed by atoms with van der Waals surface area (Å²) in [7, 11) is 0. The van der Waals surface area contributed by atoms with Crippen LogP contribution in [0.2, 0.25) is 0 Å². The molecule has 0 aliphatic heterocycles. The number of aryl methyl sites for hydroxylation is 1. The normalized spacial score (nSPS) is 11.2. The highest BCUT2D eigenvalue weighted by molar-refractivity contribution is 6.19. The first kappa shape index (κ1) is 11.1. The van der Waals surface area contributed by atoms with Gasteiger partial charge in [-0.05, 0) is 37.6 Å². The summed E-state index contributed by atoms with van der Waals surface area (Å²) < 4.78 is 0. The lowest BCUT2D eigenvalue weighted by atomic mass is 10.1. The van der Waals surface area contributed by atoms with Crippen molar-refractivity contribution < 1.29 is 14.7 Å². The van der Waals surface area contributed by atoms with E-state index in [1.54, 1.807) is 25.3 Å².